The Hall–Kier alpha value is -3.52. The minimum absolute atomic E-state index is 0.0289. The Morgan fingerprint density at radius 2 is 1.73 bits per heavy atom. The fraction of sp³-hybridized carbons (Fsp3) is 0.320. The molecule has 1 saturated heterocycles. The van der Waals surface area contributed by atoms with Gasteiger partial charge in [0.15, 0.2) is 5.82 Å². The van der Waals surface area contributed by atoms with Crippen LogP contribution in [0.15, 0.2) is 48.5 Å². The fourth-order valence-corrected chi connectivity index (χ4v) is 4.25. The summed E-state index contributed by atoms with van der Waals surface area (Å²) in [5.41, 5.74) is 3.29. The zero-order valence-electron chi connectivity index (χ0n) is 18.5. The lowest BCUT2D eigenvalue weighted by atomic mass is 10.0. The Morgan fingerprint density at radius 1 is 1.00 bits per heavy atom. The number of aromatic nitrogens is 2. The van der Waals surface area contributed by atoms with Crippen LogP contribution in [0.5, 0.6) is 5.75 Å². The lowest BCUT2D eigenvalue weighted by Crippen LogP contribution is -2.41. The van der Waals surface area contributed by atoms with Crippen LogP contribution in [0.1, 0.15) is 21.6 Å². The summed E-state index contributed by atoms with van der Waals surface area (Å²) in [6, 6.07) is 13.4. The molecule has 0 atom stereocenters. The molecular weight excluding hydrogens is 423 g/mol. The quantitative estimate of drug-likeness (QED) is 0.610. The molecule has 0 saturated carbocycles. The van der Waals surface area contributed by atoms with E-state index in [0.29, 0.717) is 49.9 Å². The number of hydrogen-bond donors (Lipinski definition) is 0. The topological polar surface area (TPSA) is 67.8 Å². The second kappa shape index (κ2) is 9.15. The van der Waals surface area contributed by atoms with Gasteiger partial charge >= 0.3 is 0 Å². The summed E-state index contributed by atoms with van der Waals surface area (Å²) in [5, 5.41) is 0. The molecule has 1 aromatic heterocycles. The number of fused-ring (bicyclic) bond motifs is 1. The summed E-state index contributed by atoms with van der Waals surface area (Å²) in [7, 11) is 1.60. The number of anilines is 1. The molecule has 0 N–H and O–H groups in total. The van der Waals surface area contributed by atoms with Crippen molar-refractivity contribution in [2.45, 2.75) is 13.0 Å². The second-order valence-corrected chi connectivity index (χ2v) is 8.11. The SMILES string of the molecule is COc1ccc(C(=O)N2CCc3nc(-c4ccc(F)cc4)nc(N4CCOCC4)c3C2)cc1. The van der Waals surface area contributed by atoms with Crippen molar-refractivity contribution in [1.29, 1.82) is 0 Å². The predicted octanol–water partition coefficient (Wildman–Crippen LogP) is 3.33. The number of carbonyl (C=O) groups is 1. The molecule has 0 radical (unpaired) electrons. The number of hydrogen-bond acceptors (Lipinski definition) is 6. The van der Waals surface area contributed by atoms with Crippen molar-refractivity contribution in [3.63, 3.8) is 0 Å². The van der Waals surface area contributed by atoms with E-state index in [-0.39, 0.29) is 11.7 Å². The van der Waals surface area contributed by atoms with Gasteiger partial charge in [-0.1, -0.05) is 0 Å². The Balaban J connectivity index is 1.49. The highest BCUT2D eigenvalue weighted by Crippen LogP contribution is 2.31. The molecule has 0 aliphatic carbocycles. The molecule has 2 aliphatic heterocycles. The normalized spacial score (nSPS) is 15.8. The maximum Gasteiger partial charge on any atom is 0.254 e. The van der Waals surface area contributed by atoms with Gasteiger partial charge in [0, 0.05) is 42.7 Å². The lowest BCUT2D eigenvalue weighted by molar-refractivity contribution is 0.0733. The van der Waals surface area contributed by atoms with Gasteiger partial charge in [-0.15, -0.1) is 0 Å². The third-order valence-electron chi connectivity index (χ3n) is 6.08. The first-order valence-electron chi connectivity index (χ1n) is 11.0. The van der Waals surface area contributed by atoms with Crippen molar-refractivity contribution in [2.24, 2.45) is 0 Å². The molecule has 3 heterocycles. The summed E-state index contributed by atoms with van der Waals surface area (Å²) in [4.78, 5) is 26.9. The minimum atomic E-state index is -0.294. The highest BCUT2D eigenvalue weighted by Gasteiger charge is 2.29. The van der Waals surface area contributed by atoms with Crippen molar-refractivity contribution < 1.29 is 18.7 Å². The third-order valence-corrected chi connectivity index (χ3v) is 6.08. The van der Waals surface area contributed by atoms with E-state index >= 15 is 0 Å². The van der Waals surface area contributed by atoms with Crippen LogP contribution in [0.2, 0.25) is 0 Å². The van der Waals surface area contributed by atoms with Crippen LogP contribution in [-0.2, 0) is 17.7 Å². The zero-order valence-corrected chi connectivity index (χ0v) is 18.5. The molecular formula is C25H25FN4O3. The van der Waals surface area contributed by atoms with Gasteiger partial charge in [0.25, 0.3) is 5.91 Å². The first-order valence-corrected chi connectivity index (χ1v) is 11.0. The van der Waals surface area contributed by atoms with E-state index in [4.69, 9.17) is 19.4 Å². The molecule has 33 heavy (non-hydrogen) atoms. The largest absolute Gasteiger partial charge is 0.497 e. The first kappa shape index (κ1) is 21.3. The molecule has 3 aromatic rings. The van der Waals surface area contributed by atoms with Gasteiger partial charge in [-0.25, -0.2) is 14.4 Å². The first-order chi connectivity index (χ1) is 16.1. The molecule has 1 fully saturated rings. The molecule has 7 nitrogen and oxygen atoms in total. The van der Waals surface area contributed by atoms with Gasteiger partial charge in [-0.3, -0.25) is 4.79 Å². The molecule has 0 spiro atoms. The smallest absolute Gasteiger partial charge is 0.254 e. The minimum Gasteiger partial charge on any atom is -0.497 e. The van der Waals surface area contributed by atoms with Gasteiger partial charge in [-0.05, 0) is 48.5 Å². The molecule has 5 rings (SSSR count). The third kappa shape index (κ3) is 4.39. The molecule has 1 amide bonds. The average molecular weight is 448 g/mol. The average Bonchev–Trinajstić information content (AvgIpc) is 2.88. The van der Waals surface area contributed by atoms with Crippen molar-refractivity contribution in [3.8, 4) is 17.1 Å². The zero-order chi connectivity index (χ0) is 22.8. The Labute approximate surface area is 191 Å². The summed E-state index contributed by atoms with van der Waals surface area (Å²) in [6.45, 7) is 3.70. The van der Waals surface area contributed by atoms with Gasteiger partial charge < -0.3 is 19.3 Å². The molecule has 2 aromatic carbocycles. The van der Waals surface area contributed by atoms with Crippen molar-refractivity contribution >= 4 is 11.7 Å². The summed E-state index contributed by atoms with van der Waals surface area (Å²) >= 11 is 0. The fourth-order valence-electron chi connectivity index (χ4n) is 4.25. The predicted molar refractivity (Wildman–Crippen MR) is 122 cm³/mol. The van der Waals surface area contributed by atoms with Crippen LogP contribution in [0, 0.1) is 5.82 Å². The van der Waals surface area contributed by atoms with Crippen LogP contribution in [0.25, 0.3) is 11.4 Å². The van der Waals surface area contributed by atoms with Crippen LogP contribution in [0.3, 0.4) is 0 Å². The molecule has 8 heteroatoms. The number of amides is 1. The van der Waals surface area contributed by atoms with Gasteiger partial charge in [0.1, 0.15) is 17.4 Å². The number of ether oxygens (including phenoxy) is 2. The van der Waals surface area contributed by atoms with Gasteiger partial charge in [0.2, 0.25) is 0 Å². The van der Waals surface area contributed by atoms with E-state index in [1.165, 1.54) is 12.1 Å². The highest BCUT2D eigenvalue weighted by atomic mass is 19.1. The van der Waals surface area contributed by atoms with E-state index in [1.807, 2.05) is 4.90 Å². The number of methoxy groups -OCH3 is 1. The maximum absolute atomic E-state index is 13.4. The van der Waals surface area contributed by atoms with E-state index < -0.39 is 0 Å². The van der Waals surface area contributed by atoms with Crippen molar-refractivity contribution in [2.75, 3.05) is 44.9 Å². The van der Waals surface area contributed by atoms with Crippen LogP contribution >= 0.6 is 0 Å². The van der Waals surface area contributed by atoms with Gasteiger partial charge in [0.05, 0.1) is 32.6 Å². The Morgan fingerprint density at radius 3 is 2.42 bits per heavy atom. The number of morpholine rings is 1. The Kier molecular flexibility index (Phi) is 5.92. The van der Waals surface area contributed by atoms with E-state index in [2.05, 4.69) is 4.90 Å². The van der Waals surface area contributed by atoms with Crippen LogP contribution < -0.4 is 9.64 Å². The molecule has 0 unspecified atom stereocenters. The molecule has 0 bridgehead atoms. The van der Waals surface area contributed by atoms with Crippen LogP contribution in [0.4, 0.5) is 10.2 Å². The summed E-state index contributed by atoms with van der Waals surface area (Å²) in [5.74, 6) is 1.79. The van der Waals surface area contributed by atoms with E-state index in [0.717, 1.165) is 35.7 Å². The number of carbonyl (C=O) groups excluding carboxylic acids is 1. The number of benzene rings is 2. The lowest BCUT2D eigenvalue weighted by Gasteiger charge is -2.34. The molecule has 2 aliphatic rings. The number of nitrogens with zero attached hydrogens (tertiary/aromatic N) is 4. The van der Waals surface area contributed by atoms with Crippen LogP contribution in [-0.4, -0.2) is 60.7 Å². The number of halogens is 1. The summed E-state index contributed by atoms with van der Waals surface area (Å²) in [6.07, 6.45) is 0.630. The van der Waals surface area contributed by atoms with Gasteiger partial charge in [-0.2, -0.15) is 0 Å². The summed E-state index contributed by atoms with van der Waals surface area (Å²) < 4.78 is 24.2. The molecule has 170 valence electrons. The Bertz CT molecular complexity index is 1150. The van der Waals surface area contributed by atoms with E-state index in [1.54, 1.807) is 43.5 Å². The standard InChI is InChI=1S/C25H25FN4O3/c1-32-20-8-4-18(5-9-20)25(31)30-11-10-22-21(16-30)24(29-12-14-33-15-13-29)28-23(27-22)17-2-6-19(26)7-3-17/h2-9H,10-16H2,1H3. The van der Waals surface area contributed by atoms with E-state index in [9.17, 15) is 9.18 Å². The van der Waals surface area contributed by atoms with Crippen molar-refractivity contribution in [3.05, 3.63) is 71.2 Å². The second-order valence-electron chi connectivity index (χ2n) is 8.11. The monoisotopic (exact) mass is 448 g/mol. The van der Waals surface area contributed by atoms with Crippen molar-refractivity contribution in [1.82, 2.24) is 14.9 Å². The number of rotatable bonds is 4. The highest BCUT2D eigenvalue weighted by molar-refractivity contribution is 5.94. The maximum atomic E-state index is 13.4.